The number of hydrogen-bond acceptors (Lipinski definition) is 7. The van der Waals surface area contributed by atoms with Crippen LogP contribution in [-0.4, -0.2) is 85.0 Å². The Morgan fingerprint density at radius 3 is 2.58 bits per heavy atom. The molecule has 1 saturated heterocycles. The van der Waals surface area contributed by atoms with E-state index in [0.29, 0.717) is 17.1 Å². The van der Waals surface area contributed by atoms with Gasteiger partial charge in [-0.25, -0.2) is 4.68 Å². The first-order chi connectivity index (χ1) is 18.1. The van der Waals surface area contributed by atoms with E-state index in [2.05, 4.69) is 5.10 Å². The zero-order chi connectivity index (χ0) is 26.8. The Bertz CT molecular complexity index is 1540. The minimum Gasteiger partial charge on any atom is -0.496 e. The van der Waals surface area contributed by atoms with Crippen LogP contribution in [0.5, 0.6) is 11.5 Å². The molecule has 1 amide bonds. The molecule has 4 aromatic rings. The van der Waals surface area contributed by atoms with Gasteiger partial charge in [-0.2, -0.15) is 21.5 Å². The minimum atomic E-state index is -1.93. The summed E-state index contributed by atoms with van der Waals surface area (Å²) < 4.78 is 20.7. The largest absolute Gasteiger partial charge is 0.496 e. The van der Waals surface area contributed by atoms with Gasteiger partial charge in [0.2, 0.25) is 0 Å². The first-order valence-electron chi connectivity index (χ1n) is 11.9. The lowest BCUT2D eigenvalue weighted by Crippen LogP contribution is -2.70. The van der Waals surface area contributed by atoms with E-state index in [9.17, 15) is 4.79 Å². The average Bonchev–Trinajstić information content (AvgIpc) is 3.60. The number of methoxy groups -OCH3 is 1. The van der Waals surface area contributed by atoms with Crippen LogP contribution in [-0.2, 0) is 18.4 Å². The maximum atomic E-state index is 14.1. The molecule has 2 aliphatic rings. The summed E-state index contributed by atoms with van der Waals surface area (Å²) in [5, 5.41) is 11.3. The fourth-order valence-electron chi connectivity index (χ4n) is 5.06. The molecule has 6 radical (unpaired) electrons. The van der Waals surface area contributed by atoms with Gasteiger partial charge in [0, 0.05) is 41.4 Å². The molecular formula is C25H22B3N5O4S. The van der Waals surface area contributed by atoms with E-state index in [1.807, 2.05) is 55.2 Å². The van der Waals surface area contributed by atoms with Gasteiger partial charge >= 0.3 is 0 Å². The lowest BCUT2D eigenvalue weighted by Gasteiger charge is -2.54. The Morgan fingerprint density at radius 1 is 1.21 bits per heavy atom. The second-order valence-electron chi connectivity index (χ2n) is 9.80. The number of hydrogen-bond donors (Lipinski definition) is 0. The molecule has 6 rings (SSSR count). The molecule has 0 aliphatic carbocycles. The molecule has 2 aliphatic heterocycles. The van der Waals surface area contributed by atoms with Crippen LogP contribution in [0.1, 0.15) is 23.0 Å². The zero-order valence-electron chi connectivity index (χ0n) is 21.2. The van der Waals surface area contributed by atoms with Gasteiger partial charge in [-0.1, -0.05) is 5.24 Å². The molecule has 0 unspecified atom stereocenters. The van der Waals surface area contributed by atoms with E-state index in [1.165, 1.54) is 16.2 Å². The van der Waals surface area contributed by atoms with Gasteiger partial charge in [0.05, 0.1) is 66.5 Å². The summed E-state index contributed by atoms with van der Waals surface area (Å²) in [5.41, 5.74) is 3.77. The zero-order valence-corrected chi connectivity index (χ0v) is 22.0. The molecule has 0 N–H and O–H groups in total. The van der Waals surface area contributed by atoms with Crippen LogP contribution in [0.4, 0.5) is 0 Å². The van der Waals surface area contributed by atoms with Crippen LogP contribution in [0.25, 0.3) is 28.2 Å². The van der Waals surface area contributed by atoms with E-state index in [4.69, 9.17) is 42.8 Å². The molecule has 38 heavy (non-hydrogen) atoms. The highest BCUT2D eigenvalue weighted by Crippen LogP contribution is 2.46. The SMILES string of the molecule is [B]C([B])([B])N(C(=O)c1nn(-c2ccsc2)c2c1COc1cc(OC)c(-c3ccn(C)n3)cc1-2)C1(C)COC1. The number of aryl methyl sites for hydroxylation is 1. The maximum absolute atomic E-state index is 14.1. The smallest absolute Gasteiger partial charge is 0.273 e. The van der Waals surface area contributed by atoms with Gasteiger partial charge in [-0.05, 0) is 30.5 Å². The quantitative estimate of drug-likeness (QED) is 0.363. The number of aromatic nitrogens is 4. The summed E-state index contributed by atoms with van der Waals surface area (Å²) in [6.45, 7) is 2.45. The van der Waals surface area contributed by atoms with Gasteiger partial charge < -0.3 is 19.1 Å². The number of rotatable bonds is 6. The molecule has 186 valence electrons. The van der Waals surface area contributed by atoms with Crippen molar-refractivity contribution in [2.75, 3.05) is 20.3 Å². The van der Waals surface area contributed by atoms with E-state index < -0.39 is 16.7 Å². The topological polar surface area (TPSA) is 83.6 Å². The van der Waals surface area contributed by atoms with Crippen molar-refractivity contribution in [3.8, 4) is 39.7 Å². The number of carbonyl (C=O) groups excluding carboxylic acids is 1. The fourth-order valence-corrected chi connectivity index (χ4v) is 5.68. The standard InChI is InChI=1S/C25H22B3N5O4S/c1-24(12-36-13-24)33(25(26,27)28)23(34)21-17-10-37-20-9-19(35-3)15(18-4-6-31(2)29-18)8-16(20)22(17)32(30-21)14-5-7-38-11-14/h4-9,11H,10,12-13H2,1-3H3. The predicted octanol–water partition coefficient (Wildman–Crippen LogP) is 2.25. The Morgan fingerprint density at radius 2 is 2.00 bits per heavy atom. The Labute approximate surface area is 227 Å². The molecule has 9 nitrogen and oxygen atoms in total. The van der Waals surface area contributed by atoms with Gasteiger partial charge in [-0.3, -0.25) is 9.48 Å². The van der Waals surface area contributed by atoms with Crippen LogP contribution in [0.2, 0.25) is 0 Å². The average molecular weight is 521 g/mol. The molecule has 0 saturated carbocycles. The van der Waals surface area contributed by atoms with E-state index >= 15 is 0 Å². The predicted molar refractivity (Wildman–Crippen MR) is 145 cm³/mol. The highest BCUT2D eigenvalue weighted by atomic mass is 32.1. The molecule has 5 heterocycles. The van der Waals surface area contributed by atoms with Crippen molar-refractivity contribution >= 4 is 40.8 Å². The molecule has 3 aromatic heterocycles. The minimum absolute atomic E-state index is 0.105. The summed E-state index contributed by atoms with van der Waals surface area (Å²) >= 11 is 1.52. The van der Waals surface area contributed by atoms with E-state index in [-0.39, 0.29) is 25.5 Å². The molecule has 0 spiro atoms. The summed E-state index contributed by atoms with van der Waals surface area (Å²) in [6, 6.07) is 7.62. The van der Waals surface area contributed by atoms with E-state index in [1.54, 1.807) is 16.5 Å². The fraction of sp³-hybridized carbons (Fsp3) is 0.320. The Hall–Kier alpha value is -3.44. The third-order valence-electron chi connectivity index (χ3n) is 6.81. The van der Waals surface area contributed by atoms with Crippen molar-refractivity contribution in [1.82, 2.24) is 24.5 Å². The third kappa shape index (κ3) is 3.87. The molecule has 1 aromatic carbocycles. The van der Waals surface area contributed by atoms with Crippen molar-refractivity contribution in [3.63, 3.8) is 0 Å². The first kappa shape index (κ1) is 24.9. The summed E-state index contributed by atoms with van der Waals surface area (Å²) in [7, 11) is 21.8. The van der Waals surface area contributed by atoms with Crippen molar-refractivity contribution < 1.29 is 19.0 Å². The van der Waals surface area contributed by atoms with Gasteiger partial charge in [0.1, 0.15) is 18.1 Å². The van der Waals surface area contributed by atoms with Crippen molar-refractivity contribution in [1.29, 1.82) is 0 Å². The third-order valence-corrected chi connectivity index (χ3v) is 7.48. The molecule has 1 fully saturated rings. The van der Waals surface area contributed by atoms with Crippen LogP contribution < -0.4 is 9.47 Å². The Balaban J connectivity index is 1.57. The first-order valence-corrected chi connectivity index (χ1v) is 12.8. The Kier molecular flexibility index (Phi) is 5.77. The number of nitrogens with zero attached hydrogens (tertiary/aromatic N) is 5. The lowest BCUT2D eigenvalue weighted by molar-refractivity contribution is -0.117. The van der Waals surface area contributed by atoms with Gasteiger partial charge in [0.15, 0.2) is 5.69 Å². The second kappa shape index (κ2) is 8.81. The van der Waals surface area contributed by atoms with E-state index in [0.717, 1.165) is 28.2 Å². The molecule has 0 bridgehead atoms. The summed E-state index contributed by atoms with van der Waals surface area (Å²) in [6.07, 6.45) is 1.86. The van der Waals surface area contributed by atoms with Crippen LogP contribution >= 0.6 is 11.3 Å². The number of thiophene rings is 1. The monoisotopic (exact) mass is 521 g/mol. The van der Waals surface area contributed by atoms with Gasteiger partial charge in [0.25, 0.3) is 5.91 Å². The second-order valence-corrected chi connectivity index (χ2v) is 10.6. The van der Waals surface area contributed by atoms with Crippen molar-refractivity contribution in [2.24, 2.45) is 7.05 Å². The molecular weight excluding hydrogens is 499 g/mol. The van der Waals surface area contributed by atoms with Crippen molar-refractivity contribution in [3.05, 3.63) is 52.5 Å². The van der Waals surface area contributed by atoms with Crippen LogP contribution in [0, 0.1) is 0 Å². The molecule has 13 heteroatoms. The number of benzene rings is 1. The normalized spacial score (nSPS) is 15.7. The van der Waals surface area contributed by atoms with Crippen LogP contribution in [0.15, 0.2) is 41.2 Å². The number of amides is 1. The molecule has 0 atom stereocenters. The number of carbonyl (C=O) groups is 1. The van der Waals surface area contributed by atoms with Gasteiger partial charge in [-0.15, -0.1) is 0 Å². The number of ether oxygens (including phenoxy) is 3. The summed E-state index contributed by atoms with van der Waals surface area (Å²) in [5.74, 6) is 0.720. The highest BCUT2D eigenvalue weighted by molar-refractivity contribution is 7.08. The highest BCUT2D eigenvalue weighted by Gasteiger charge is 2.48. The number of fused-ring (bicyclic) bond motifs is 3. The maximum Gasteiger partial charge on any atom is 0.273 e. The van der Waals surface area contributed by atoms with Crippen molar-refractivity contribution in [2.45, 2.75) is 24.3 Å². The summed E-state index contributed by atoms with van der Waals surface area (Å²) in [4.78, 5) is 15.3. The lowest BCUT2D eigenvalue weighted by atomic mass is 9.47. The van der Waals surface area contributed by atoms with Crippen LogP contribution in [0.3, 0.4) is 0 Å².